The van der Waals surface area contributed by atoms with Gasteiger partial charge in [-0.05, 0) is 43.7 Å². The lowest BCUT2D eigenvalue weighted by Crippen LogP contribution is -2.26. The molecule has 0 atom stereocenters. The number of nitrogens with two attached hydrogens (primary N) is 1. The van der Waals surface area contributed by atoms with Crippen molar-refractivity contribution >= 4 is 22.8 Å². The second-order valence-electron chi connectivity index (χ2n) is 6.65. The van der Waals surface area contributed by atoms with Gasteiger partial charge in [0.2, 0.25) is 0 Å². The van der Waals surface area contributed by atoms with Crippen molar-refractivity contribution in [3.63, 3.8) is 0 Å². The number of rotatable bonds is 4. The maximum atomic E-state index is 6.39. The second-order valence-corrected chi connectivity index (χ2v) is 6.65. The molecular formula is C20H20N4. The van der Waals surface area contributed by atoms with Gasteiger partial charge in [0.15, 0.2) is 0 Å². The number of aromatic nitrogens is 2. The van der Waals surface area contributed by atoms with Crippen LogP contribution in [0.25, 0.3) is 16.6 Å². The van der Waals surface area contributed by atoms with Crippen LogP contribution < -0.4 is 5.73 Å². The molecule has 2 aromatic rings. The van der Waals surface area contributed by atoms with Crippen molar-refractivity contribution in [2.24, 2.45) is 22.6 Å². The summed E-state index contributed by atoms with van der Waals surface area (Å²) in [5.74, 6) is 3.62. The first-order valence-electron chi connectivity index (χ1n) is 8.45. The first-order valence-corrected chi connectivity index (χ1v) is 8.45. The summed E-state index contributed by atoms with van der Waals surface area (Å²) in [6, 6.07) is 8.17. The predicted octanol–water partition coefficient (Wildman–Crippen LogP) is 3.19. The molecule has 0 aliphatic heterocycles. The monoisotopic (exact) mass is 316 g/mol. The van der Waals surface area contributed by atoms with E-state index in [2.05, 4.69) is 15.9 Å². The zero-order valence-corrected chi connectivity index (χ0v) is 13.5. The molecule has 0 radical (unpaired) electrons. The minimum absolute atomic E-state index is 0.307. The SMILES string of the molecule is C#CC1CC(N=CC(=C(N)C2CC2)c2cnc3ccccc3n2)C1. The summed E-state index contributed by atoms with van der Waals surface area (Å²) < 4.78 is 0. The average Bonchev–Trinajstić information content (AvgIpc) is 3.41. The molecule has 0 unspecified atom stereocenters. The summed E-state index contributed by atoms with van der Waals surface area (Å²) in [5.41, 5.74) is 10.8. The molecule has 0 bridgehead atoms. The third-order valence-corrected chi connectivity index (χ3v) is 4.82. The second kappa shape index (κ2) is 6.09. The van der Waals surface area contributed by atoms with E-state index in [0.717, 1.165) is 53.7 Å². The minimum Gasteiger partial charge on any atom is -0.401 e. The Morgan fingerprint density at radius 1 is 1.25 bits per heavy atom. The number of aliphatic imine (C=N–C) groups is 1. The van der Waals surface area contributed by atoms with Gasteiger partial charge in [-0.1, -0.05) is 12.1 Å². The van der Waals surface area contributed by atoms with Gasteiger partial charge in [-0.25, -0.2) is 4.98 Å². The zero-order chi connectivity index (χ0) is 16.5. The molecule has 24 heavy (non-hydrogen) atoms. The van der Waals surface area contributed by atoms with Crippen molar-refractivity contribution in [2.45, 2.75) is 31.7 Å². The van der Waals surface area contributed by atoms with Crippen LogP contribution in [0.1, 0.15) is 31.4 Å². The molecule has 1 aromatic heterocycles. The maximum absolute atomic E-state index is 6.39. The number of para-hydroxylation sites is 2. The fourth-order valence-corrected chi connectivity index (χ4v) is 3.02. The first kappa shape index (κ1) is 14.9. The number of fused-ring (bicyclic) bond motifs is 1. The molecule has 120 valence electrons. The molecule has 2 saturated carbocycles. The van der Waals surface area contributed by atoms with E-state index < -0.39 is 0 Å². The van der Waals surface area contributed by atoms with Gasteiger partial charge in [0.25, 0.3) is 0 Å². The molecule has 0 saturated heterocycles. The van der Waals surface area contributed by atoms with E-state index in [4.69, 9.17) is 17.1 Å². The van der Waals surface area contributed by atoms with Crippen LogP contribution in [0.5, 0.6) is 0 Å². The van der Waals surface area contributed by atoms with Gasteiger partial charge in [0, 0.05) is 23.4 Å². The fraction of sp³-hybridized carbons (Fsp3) is 0.350. The van der Waals surface area contributed by atoms with E-state index in [-0.39, 0.29) is 0 Å². The summed E-state index contributed by atoms with van der Waals surface area (Å²) in [5, 5.41) is 0. The highest BCUT2D eigenvalue weighted by molar-refractivity contribution is 6.10. The van der Waals surface area contributed by atoms with E-state index in [9.17, 15) is 0 Å². The molecule has 1 aromatic carbocycles. The Balaban J connectivity index is 1.66. The van der Waals surface area contributed by atoms with E-state index in [1.165, 1.54) is 0 Å². The Morgan fingerprint density at radius 3 is 2.71 bits per heavy atom. The van der Waals surface area contributed by atoms with Crippen molar-refractivity contribution in [3.05, 3.63) is 41.9 Å². The quantitative estimate of drug-likeness (QED) is 0.696. The van der Waals surface area contributed by atoms with Gasteiger partial charge < -0.3 is 5.73 Å². The van der Waals surface area contributed by atoms with Crippen LogP contribution in [0.4, 0.5) is 0 Å². The first-order chi connectivity index (χ1) is 11.7. The summed E-state index contributed by atoms with van der Waals surface area (Å²) in [4.78, 5) is 13.9. The molecule has 0 amide bonds. The van der Waals surface area contributed by atoms with Crippen molar-refractivity contribution < 1.29 is 0 Å². The summed E-state index contributed by atoms with van der Waals surface area (Å²) in [6.07, 6.45) is 13.4. The zero-order valence-electron chi connectivity index (χ0n) is 13.5. The molecule has 4 rings (SSSR count). The van der Waals surface area contributed by atoms with Crippen LogP contribution in [0.15, 0.2) is 41.2 Å². The molecule has 2 aliphatic rings. The number of terminal acetylenes is 1. The smallest absolute Gasteiger partial charge is 0.0925 e. The van der Waals surface area contributed by atoms with Crippen LogP contribution in [-0.4, -0.2) is 22.2 Å². The van der Waals surface area contributed by atoms with Gasteiger partial charge in [-0.3, -0.25) is 9.98 Å². The minimum atomic E-state index is 0.307. The molecule has 4 heteroatoms. The normalized spacial score (nSPS) is 24.5. The number of allylic oxidation sites excluding steroid dienone is 2. The molecule has 2 N–H and O–H groups in total. The third-order valence-electron chi connectivity index (χ3n) is 4.82. The summed E-state index contributed by atoms with van der Waals surface area (Å²) >= 11 is 0. The predicted molar refractivity (Wildman–Crippen MR) is 97.2 cm³/mol. The summed E-state index contributed by atoms with van der Waals surface area (Å²) in [6.45, 7) is 0. The Morgan fingerprint density at radius 2 is 2.00 bits per heavy atom. The van der Waals surface area contributed by atoms with Crippen molar-refractivity contribution in [2.75, 3.05) is 0 Å². The number of hydrogen-bond acceptors (Lipinski definition) is 4. The Kier molecular flexibility index (Phi) is 3.78. The lowest BCUT2D eigenvalue weighted by atomic mass is 9.81. The fourth-order valence-electron chi connectivity index (χ4n) is 3.02. The van der Waals surface area contributed by atoms with Gasteiger partial charge >= 0.3 is 0 Å². The van der Waals surface area contributed by atoms with Crippen LogP contribution >= 0.6 is 0 Å². The van der Waals surface area contributed by atoms with Crippen molar-refractivity contribution in [3.8, 4) is 12.3 Å². The molecule has 2 aliphatic carbocycles. The van der Waals surface area contributed by atoms with Crippen LogP contribution in [0.2, 0.25) is 0 Å². The van der Waals surface area contributed by atoms with Crippen molar-refractivity contribution in [1.82, 2.24) is 9.97 Å². The van der Waals surface area contributed by atoms with E-state index >= 15 is 0 Å². The molecule has 1 heterocycles. The highest BCUT2D eigenvalue weighted by Gasteiger charge is 2.29. The van der Waals surface area contributed by atoms with E-state index in [1.54, 1.807) is 6.20 Å². The highest BCUT2D eigenvalue weighted by Crippen LogP contribution is 2.37. The number of nitrogens with zero attached hydrogens (tertiary/aromatic N) is 3. The van der Waals surface area contributed by atoms with Crippen LogP contribution in [-0.2, 0) is 0 Å². The lowest BCUT2D eigenvalue weighted by Gasteiger charge is -2.28. The van der Waals surface area contributed by atoms with E-state index in [1.807, 2.05) is 30.5 Å². The topological polar surface area (TPSA) is 64.2 Å². The van der Waals surface area contributed by atoms with Gasteiger partial charge in [-0.2, -0.15) is 0 Å². The largest absolute Gasteiger partial charge is 0.401 e. The average molecular weight is 316 g/mol. The van der Waals surface area contributed by atoms with Crippen LogP contribution in [0, 0.1) is 24.2 Å². The number of hydrogen-bond donors (Lipinski definition) is 1. The molecule has 0 spiro atoms. The van der Waals surface area contributed by atoms with E-state index in [0.29, 0.717) is 17.9 Å². The Hall–Kier alpha value is -2.67. The summed E-state index contributed by atoms with van der Waals surface area (Å²) in [7, 11) is 0. The molecule has 2 fully saturated rings. The highest BCUT2D eigenvalue weighted by atomic mass is 14.8. The van der Waals surface area contributed by atoms with Crippen LogP contribution in [0.3, 0.4) is 0 Å². The standard InChI is InChI=1S/C20H20N4/c1-2-13-9-15(10-13)22-11-16(20(21)14-7-8-14)19-12-23-17-5-3-4-6-18(17)24-19/h1,3-6,11-15H,7-10,21H2. The Bertz CT molecular complexity index is 865. The van der Waals surface area contributed by atoms with Crippen molar-refractivity contribution in [1.29, 1.82) is 0 Å². The maximum Gasteiger partial charge on any atom is 0.0925 e. The lowest BCUT2D eigenvalue weighted by molar-refractivity contribution is 0.338. The number of benzene rings is 1. The molecule has 4 nitrogen and oxygen atoms in total. The Labute approximate surface area is 141 Å². The van der Waals surface area contributed by atoms with Gasteiger partial charge in [0.05, 0.1) is 29.0 Å². The molecular weight excluding hydrogens is 296 g/mol. The third kappa shape index (κ3) is 2.90. The van der Waals surface area contributed by atoms with Gasteiger partial charge in [-0.15, -0.1) is 12.3 Å². The van der Waals surface area contributed by atoms with Gasteiger partial charge in [0.1, 0.15) is 0 Å².